The molecule has 0 aromatic carbocycles. The molecule has 1 atom stereocenters. The average molecular weight is 294 g/mol. The van der Waals surface area contributed by atoms with Crippen molar-refractivity contribution < 1.29 is 14.3 Å². The number of nitrogens with zero attached hydrogens (tertiary/aromatic N) is 3. The topological polar surface area (TPSA) is 78.5 Å². The van der Waals surface area contributed by atoms with E-state index in [4.69, 9.17) is 4.74 Å². The van der Waals surface area contributed by atoms with E-state index in [1.54, 1.807) is 36.4 Å². The zero-order valence-corrected chi connectivity index (χ0v) is 12.5. The van der Waals surface area contributed by atoms with E-state index in [0.29, 0.717) is 39.1 Å². The Morgan fingerprint density at radius 3 is 3.10 bits per heavy atom. The second kappa shape index (κ2) is 7.21. The van der Waals surface area contributed by atoms with Crippen LogP contribution in [0.1, 0.15) is 18.7 Å². The molecule has 2 rings (SSSR count). The summed E-state index contributed by atoms with van der Waals surface area (Å²) in [5.74, 6) is 0.777. The highest BCUT2D eigenvalue weighted by Gasteiger charge is 2.31. The first-order valence-electron chi connectivity index (χ1n) is 7.11. The average Bonchev–Trinajstić information content (AvgIpc) is 2.98. The number of imidazole rings is 1. The number of rotatable bonds is 6. The lowest BCUT2D eigenvalue weighted by Crippen LogP contribution is -2.47. The molecule has 2 amide bonds. The molecule has 1 aliphatic heterocycles. The van der Waals surface area contributed by atoms with Crippen molar-refractivity contribution in [3.8, 4) is 0 Å². The molecule has 1 N–H and O–H groups in total. The molecule has 7 heteroatoms. The SMILES string of the molecule is COCCN1CC(C(=O)N(C)Cc2ncc[nH]2)CCC1=O. The second-order valence-electron chi connectivity index (χ2n) is 5.30. The zero-order chi connectivity index (χ0) is 15.2. The highest BCUT2D eigenvalue weighted by Crippen LogP contribution is 2.19. The fraction of sp³-hybridized carbons (Fsp3) is 0.643. The number of hydrogen-bond donors (Lipinski definition) is 1. The first-order chi connectivity index (χ1) is 10.1. The minimum atomic E-state index is -0.139. The predicted molar refractivity (Wildman–Crippen MR) is 76.2 cm³/mol. The van der Waals surface area contributed by atoms with E-state index in [9.17, 15) is 9.59 Å². The number of methoxy groups -OCH3 is 1. The van der Waals surface area contributed by atoms with Crippen LogP contribution in [0.3, 0.4) is 0 Å². The molecule has 0 radical (unpaired) electrons. The van der Waals surface area contributed by atoms with E-state index in [0.717, 1.165) is 5.82 Å². The fourth-order valence-electron chi connectivity index (χ4n) is 2.53. The number of nitrogens with one attached hydrogen (secondary N) is 1. The quantitative estimate of drug-likeness (QED) is 0.816. The second-order valence-corrected chi connectivity index (χ2v) is 5.30. The molecule has 1 fully saturated rings. The monoisotopic (exact) mass is 294 g/mol. The van der Waals surface area contributed by atoms with Gasteiger partial charge in [-0.25, -0.2) is 4.98 Å². The number of amides is 2. The summed E-state index contributed by atoms with van der Waals surface area (Å²) in [6.45, 7) is 1.97. The largest absolute Gasteiger partial charge is 0.383 e. The van der Waals surface area contributed by atoms with Crippen molar-refractivity contribution in [3.63, 3.8) is 0 Å². The van der Waals surface area contributed by atoms with Crippen LogP contribution < -0.4 is 0 Å². The Hall–Kier alpha value is -1.89. The van der Waals surface area contributed by atoms with Crippen LogP contribution in [0, 0.1) is 5.92 Å². The molecule has 0 bridgehead atoms. The van der Waals surface area contributed by atoms with Gasteiger partial charge in [0.25, 0.3) is 0 Å². The van der Waals surface area contributed by atoms with Crippen molar-refractivity contribution in [2.45, 2.75) is 19.4 Å². The minimum Gasteiger partial charge on any atom is -0.383 e. The van der Waals surface area contributed by atoms with E-state index < -0.39 is 0 Å². The Labute approximate surface area is 124 Å². The third kappa shape index (κ3) is 4.04. The standard InChI is InChI=1S/C14H22N4O3/c1-17(10-12-15-5-6-16-12)14(20)11-3-4-13(19)18(9-11)7-8-21-2/h5-6,11H,3-4,7-10H2,1-2H3,(H,15,16). The van der Waals surface area contributed by atoms with Crippen molar-refractivity contribution in [1.29, 1.82) is 0 Å². The van der Waals surface area contributed by atoms with Gasteiger partial charge in [0, 0.05) is 46.1 Å². The first-order valence-corrected chi connectivity index (χ1v) is 7.11. The van der Waals surface area contributed by atoms with Gasteiger partial charge in [-0.2, -0.15) is 0 Å². The van der Waals surface area contributed by atoms with Crippen LogP contribution in [0.4, 0.5) is 0 Å². The van der Waals surface area contributed by atoms with Gasteiger partial charge < -0.3 is 19.5 Å². The summed E-state index contributed by atoms with van der Waals surface area (Å²) in [6.07, 6.45) is 4.44. The maximum atomic E-state index is 12.5. The van der Waals surface area contributed by atoms with Gasteiger partial charge in [-0.15, -0.1) is 0 Å². The lowest BCUT2D eigenvalue weighted by molar-refractivity contribution is -0.143. The van der Waals surface area contributed by atoms with Crippen LogP contribution in [-0.2, 0) is 20.9 Å². The molecule has 1 unspecified atom stereocenters. The first kappa shape index (κ1) is 15.5. The third-order valence-corrected chi connectivity index (χ3v) is 3.73. The summed E-state index contributed by atoms with van der Waals surface area (Å²) < 4.78 is 5.00. The highest BCUT2D eigenvalue weighted by atomic mass is 16.5. The van der Waals surface area contributed by atoms with E-state index in [-0.39, 0.29) is 17.7 Å². The summed E-state index contributed by atoms with van der Waals surface area (Å²) in [5.41, 5.74) is 0. The Balaban J connectivity index is 1.90. The summed E-state index contributed by atoms with van der Waals surface area (Å²) in [6, 6.07) is 0. The van der Waals surface area contributed by atoms with Gasteiger partial charge in [0.1, 0.15) is 5.82 Å². The molecule has 21 heavy (non-hydrogen) atoms. The summed E-state index contributed by atoms with van der Waals surface area (Å²) in [4.78, 5) is 34.8. The van der Waals surface area contributed by atoms with Crippen LogP contribution in [0.2, 0.25) is 0 Å². The maximum absolute atomic E-state index is 12.5. The lowest BCUT2D eigenvalue weighted by atomic mass is 9.96. The molecule has 0 spiro atoms. The Kier molecular flexibility index (Phi) is 5.32. The zero-order valence-electron chi connectivity index (χ0n) is 12.5. The van der Waals surface area contributed by atoms with Gasteiger partial charge >= 0.3 is 0 Å². The van der Waals surface area contributed by atoms with Gasteiger partial charge in [0.15, 0.2) is 0 Å². The number of H-pyrrole nitrogens is 1. The molecule has 0 aliphatic carbocycles. The van der Waals surface area contributed by atoms with Crippen LogP contribution in [0.15, 0.2) is 12.4 Å². The summed E-state index contributed by atoms with van der Waals surface area (Å²) in [5, 5.41) is 0. The van der Waals surface area contributed by atoms with E-state index in [2.05, 4.69) is 9.97 Å². The van der Waals surface area contributed by atoms with Gasteiger partial charge in [-0.3, -0.25) is 9.59 Å². The molecule has 0 saturated carbocycles. The van der Waals surface area contributed by atoms with Crippen LogP contribution in [-0.4, -0.2) is 65.4 Å². The van der Waals surface area contributed by atoms with E-state index >= 15 is 0 Å². The number of aromatic amines is 1. The fourth-order valence-corrected chi connectivity index (χ4v) is 2.53. The van der Waals surface area contributed by atoms with E-state index in [1.165, 1.54) is 0 Å². The van der Waals surface area contributed by atoms with Gasteiger partial charge in [-0.05, 0) is 6.42 Å². The Morgan fingerprint density at radius 2 is 2.43 bits per heavy atom. The molecule has 7 nitrogen and oxygen atoms in total. The molecule has 1 saturated heterocycles. The molecule has 1 aliphatic rings. The Morgan fingerprint density at radius 1 is 1.62 bits per heavy atom. The normalized spacial score (nSPS) is 18.9. The smallest absolute Gasteiger partial charge is 0.227 e. The van der Waals surface area contributed by atoms with Gasteiger partial charge in [0.2, 0.25) is 11.8 Å². The van der Waals surface area contributed by atoms with Gasteiger partial charge in [0.05, 0.1) is 19.1 Å². The molecule has 1 aromatic rings. The summed E-state index contributed by atoms with van der Waals surface area (Å²) in [7, 11) is 3.37. The molecule has 2 heterocycles. The molecular weight excluding hydrogens is 272 g/mol. The predicted octanol–water partition coefficient (Wildman–Crippen LogP) is 0.253. The van der Waals surface area contributed by atoms with E-state index in [1.807, 2.05) is 0 Å². The maximum Gasteiger partial charge on any atom is 0.227 e. The minimum absolute atomic E-state index is 0.0568. The number of hydrogen-bond acceptors (Lipinski definition) is 4. The highest BCUT2D eigenvalue weighted by molar-refractivity contribution is 5.83. The number of carbonyl (C=O) groups is 2. The van der Waals surface area contributed by atoms with Crippen LogP contribution in [0.25, 0.3) is 0 Å². The van der Waals surface area contributed by atoms with Crippen molar-refractivity contribution in [2.75, 3.05) is 33.9 Å². The molecule has 116 valence electrons. The Bertz CT molecular complexity index is 475. The number of ether oxygens (including phenoxy) is 1. The van der Waals surface area contributed by atoms with Crippen LogP contribution >= 0.6 is 0 Å². The van der Waals surface area contributed by atoms with Crippen molar-refractivity contribution >= 4 is 11.8 Å². The number of carbonyl (C=O) groups excluding carboxylic acids is 2. The van der Waals surface area contributed by atoms with Crippen molar-refractivity contribution in [3.05, 3.63) is 18.2 Å². The van der Waals surface area contributed by atoms with Crippen LogP contribution in [0.5, 0.6) is 0 Å². The third-order valence-electron chi connectivity index (χ3n) is 3.73. The lowest BCUT2D eigenvalue weighted by Gasteiger charge is -2.33. The summed E-state index contributed by atoms with van der Waals surface area (Å²) >= 11 is 0. The number of piperidine rings is 1. The van der Waals surface area contributed by atoms with Crippen molar-refractivity contribution in [1.82, 2.24) is 19.8 Å². The van der Waals surface area contributed by atoms with Gasteiger partial charge in [-0.1, -0.05) is 0 Å². The molecule has 1 aromatic heterocycles. The number of aromatic nitrogens is 2. The molecular formula is C14H22N4O3. The van der Waals surface area contributed by atoms with Crippen molar-refractivity contribution in [2.24, 2.45) is 5.92 Å². The number of likely N-dealkylation sites (tertiary alicyclic amines) is 1.